The van der Waals surface area contributed by atoms with Crippen LogP contribution in [-0.4, -0.2) is 9.13 Å². The van der Waals surface area contributed by atoms with E-state index >= 15 is 0 Å². The Balaban J connectivity index is 1.58. The fourth-order valence-electron chi connectivity index (χ4n) is 4.92. The van der Waals surface area contributed by atoms with Gasteiger partial charge >= 0.3 is 0 Å². The van der Waals surface area contributed by atoms with Crippen molar-refractivity contribution in [2.24, 2.45) is 0 Å². The fraction of sp³-hybridized carbons (Fsp3) is 0. The predicted octanol–water partition coefficient (Wildman–Crippen LogP) is 9.55. The molecule has 2 nitrogen and oxygen atoms in total. The maximum atomic E-state index is 9.65. The molecule has 2 aromatic heterocycles. The Morgan fingerprint density at radius 1 is 0.395 bits per heavy atom. The molecule has 0 bridgehead atoms. The molecule has 0 spiro atoms. The summed E-state index contributed by atoms with van der Waals surface area (Å²) in [7, 11) is 0. The summed E-state index contributed by atoms with van der Waals surface area (Å²) in [5.74, 6) is 0. The first-order chi connectivity index (χ1) is 25.5. The normalized spacial score (nSPS) is 17.6. The number of benzene rings is 6. The second-order valence-electron chi connectivity index (χ2n) is 8.60. The molecule has 0 radical (unpaired) electrons. The maximum Gasteiger partial charge on any atom is 0.0652 e. The zero-order valence-electron chi connectivity index (χ0n) is 35.5. The van der Waals surface area contributed by atoms with Crippen LogP contribution in [0.15, 0.2) is 145 Å². The SMILES string of the molecule is [2H]c1c([2H])c([2H])c(-c2c([2H])c([2H])c(-n3c4c([2H])c([2H])c([2H])c([2H])c4c4c([2H])c(-n5c6ccccc6c6ccccc65)c([2H])c([2H])c43)c([2H])c2[2H])c([2H])c1[2H]. The molecule has 2 heterocycles. The Labute approximate surface area is 243 Å². The zero-order chi connectivity index (χ0) is 39.0. The lowest BCUT2D eigenvalue weighted by Crippen LogP contribution is -1.95. The van der Waals surface area contributed by atoms with E-state index in [9.17, 15) is 4.11 Å². The van der Waals surface area contributed by atoms with E-state index in [-0.39, 0.29) is 27.5 Å². The number of hydrogen-bond acceptors (Lipinski definition) is 0. The van der Waals surface area contributed by atoms with E-state index in [1.54, 1.807) is 28.8 Å². The number of para-hydroxylation sites is 3. The van der Waals surface area contributed by atoms with Crippen LogP contribution in [0.3, 0.4) is 0 Å². The smallest absolute Gasteiger partial charge is 0.0652 e. The molecular weight excluding hydrogens is 460 g/mol. The molecule has 38 heavy (non-hydrogen) atoms. The summed E-state index contributed by atoms with van der Waals surface area (Å²) in [4.78, 5) is 0. The van der Waals surface area contributed by atoms with E-state index < -0.39 is 113 Å². The Morgan fingerprint density at radius 3 is 1.68 bits per heavy atom. The Bertz CT molecular complexity index is 2910. The summed E-state index contributed by atoms with van der Waals surface area (Å²) in [5, 5.41) is 1.15. The van der Waals surface area contributed by atoms with Gasteiger partial charge in [-0.05, 0) is 59.5 Å². The van der Waals surface area contributed by atoms with E-state index in [4.69, 9.17) is 17.8 Å². The Hall–Kier alpha value is -5.08. The highest BCUT2D eigenvalue weighted by atomic mass is 15.0. The first-order valence-electron chi connectivity index (χ1n) is 19.7. The summed E-state index contributed by atoms with van der Waals surface area (Å²) in [6.07, 6.45) is 0. The van der Waals surface area contributed by atoms with E-state index in [0.717, 1.165) is 15.3 Å². The highest BCUT2D eigenvalue weighted by molar-refractivity contribution is 6.12. The van der Waals surface area contributed by atoms with Gasteiger partial charge in [-0.1, -0.05) is 96.8 Å². The lowest BCUT2D eigenvalue weighted by atomic mass is 10.1. The van der Waals surface area contributed by atoms with Crippen molar-refractivity contribution in [3.05, 3.63) is 145 Å². The zero-order valence-corrected chi connectivity index (χ0v) is 19.5. The van der Waals surface area contributed by atoms with Gasteiger partial charge in [0.25, 0.3) is 0 Å². The number of fused-ring (bicyclic) bond motifs is 6. The molecule has 0 saturated carbocycles. The molecule has 0 unspecified atom stereocenters. The van der Waals surface area contributed by atoms with Gasteiger partial charge in [0.05, 0.1) is 44.0 Å². The average Bonchev–Trinajstić information content (AvgIpc) is 3.69. The quantitative estimate of drug-likeness (QED) is 0.229. The van der Waals surface area contributed by atoms with Crippen molar-refractivity contribution in [1.29, 1.82) is 0 Å². The van der Waals surface area contributed by atoms with Crippen molar-refractivity contribution in [3.63, 3.8) is 0 Å². The van der Waals surface area contributed by atoms with Crippen LogP contribution in [-0.2, 0) is 0 Å². The first-order valence-corrected chi connectivity index (χ1v) is 11.7. The largest absolute Gasteiger partial charge is 0.309 e. The third kappa shape index (κ3) is 3.07. The summed E-state index contributed by atoms with van der Waals surface area (Å²) >= 11 is 0. The van der Waals surface area contributed by atoms with E-state index in [1.165, 1.54) is 0 Å². The van der Waals surface area contributed by atoms with Crippen LogP contribution in [0.25, 0.3) is 66.1 Å². The third-order valence-corrected chi connectivity index (χ3v) is 6.53. The Morgan fingerprint density at radius 2 is 0.947 bits per heavy atom. The maximum absolute atomic E-state index is 9.65. The molecular formula is C36H24N2. The average molecular weight is 501 g/mol. The standard InChI is InChI=1S/C36H24N2/c1-2-10-25(11-3-1)26-18-20-27(21-19-26)37-35-17-9-6-14-31(35)32-24-28(22-23-36(32)37)38-33-15-7-4-12-29(33)30-13-5-8-16-34(30)38/h1-24H/i1D,2D,3D,6D,9D,10D,11D,14D,17D,18D,19D,20D,21D,22D,23D,24D. The molecule has 0 aliphatic carbocycles. The van der Waals surface area contributed by atoms with Crippen LogP contribution in [0.4, 0.5) is 0 Å². The van der Waals surface area contributed by atoms with Gasteiger partial charge in [0.1, 0.15) is 0 Å². The summed E-state index contributed by atoms with van der Waals surface area (Å²) in [6, 6.07) is 3.42. The highest BCUT2D eigenvalue weighted by Crippen LogP contribution is 2.37. The topological polar surface area (TPSA) is 9.86 Å². The molecule has 0 fully saturated rings. The minimum Gasteiger partial charge on any atom is -0.309 e. The molecule has 0 saturated heterocycles. The second-order valence-corrected chi connectivity index (χ2v) is 8.60. The first kappa shape index (κ1) is 10.7. The van der Waals surface area contributed by atoms with Gasteiger partial charge in [-0.25, -0.2) is 0 Å². The van der Waals surface area contributed by atoms with E-state index in [0.29, 0.717) is 11.0 Å². The molecule has 0 aliphatic heterocycles. The number of aromatic nitrogens is 2. The molecule has 6 aromatic carbocycles. The van der Waals surface area contributed by atoms with Crippen molar-refractivity contribution in [1.82, 2.24) is 9.13 Å². The van der Waals surface area contributed by atoms with Crippen molar-refractivity contribution in [2.45, 2.75) is 0 Å². The van der Waals surface area contributed by atoms with Gasteiger partial charge in [-0.3, -0.25) is 0 Å². The molecule has 0 atom stereocenters. The molecule has 0 amide bonds. The molecule has 8 rings (SSSR count). The third-order valence-electron chi connectivity index (χ3n) is 6.53. The van der Waals surface area contributed by atoms with E-state index in [1.807, 2.05) is 24.3 Å². The lowest BCUT2D eigenvalue weighted by Gasteiger charge is -2.11. The predicted molar refractivity (Wildman–Crippen MR) is 161 cm³/mol. The molecule has 2 heteroatoms. The summed E-state index contributed by atoms with van der Waals surface area (Å²) in [6.45, 7) is 0. The van der Waals surface area contributed by atoms with Crippen LogP contribution < -0.4 is 0 Å². The molecule has 0 aliphatic rings. The van der Waals surface area contributed by atoms with Gasteiger partial charge in [0.15, 0.2) is 0 Å². The van der Waals surface area contributed by atoms with Gasteiger partial charge < -0.3 is 9.13 Å². The van der Waals surface area contributed by atoms with Crippen LogP contribution in [0.2, 0.25) is 0 Å². The van der Waals surface area contributed by atoms with Crippen LogP contribution in [0.5, 0.6) is 0 Å². The number of hydrogen-bond donors (Lipinski definition) is 0. The number of rotatable bonds is 3. The summed E-state index contributed by atoms with van der Waals surface area (Å²) in [5.41, 5.74) is -1.33. The van der Waals surface area contributed by atoms with Gasteiger partial charge in [0, 0.05) is 32.9 Å². The molecule has 0 N–H and O–H groups in total. The van der Waals surface area contributed by atoms with Gasteiger partial charge in [-0.15, -0.1) is 0 Å². The second kappa shape index (κ2) is 8.22. The van der Waals surface area contributed by atoms with Crippen molar-refractivity contribution in [2.75, 3.05) is 0 Å². The highest BCUT2D eigenvalue weighted by Gasteiger charge is 2.16. The van der Waals surface area contributed by atoms with Crippen molar-refractivity contribution >= 4 is 43.6 Å². The fourth-order valence-corrected chi connectivity index (χ4v) is 4.92. The van der Waals surface area contributed by atoms with Crippen LogP contribution in [0.1, 0.15) is 21.9 Å². The van der Waals surface area contributed by atoms with Crippen LogP contribution in [0, 0.1) is 0 Å². The van der Waals surface area contributed by atoms with Crippen LogP contribution >= 0.6 is 0 Å². The van der Waals surface area contributed by atoms with Gasteiger partial charge in [-0.2, -0.15) is 0 Å². The van der Waals surface area contributed by atoms with Gasteiger partial charge in [0.2, 0.25) is 0 Å². The number of nitrogens with zero attached hydrogens (tertiary/aromatic N) is 2. The van der Waals surface area contributed by atoms with Crippen molar-refractivity contribution in [3.8, 4) is 22.5 Å². The minimum atomic E-state index is -0.828. The lowest BCUT2D eigenvalue weighted by molar-refractivity contribution is 1.17. The summed E-state index contributed by atoms with van der Waals surface area (Å²) < 4.78 is 143. The van der Waals surface area contributed by atoms with Crippen molar-refractivity contribution < 1.29 is 21.9 Å². The Kier molecular flexibility index (Phi) is 2.32. The molecule has 8 aromatic rings. The monoisotopic (exact) mass is 500 g/mol. The minimum absolute atomic E-state index is 0.0625. The molecule has 178 valence electrons. The van der Waals surface area contributed by atoms with E-state index in [2.05, 4.69) is 0 Å².